The lowest BCUT2D eigenvalue weighted by atomic mass is 10.1. The number of azo groups is 3. The van der Waals surface area contributed by atoms with Crippen LogP contribution in [0.1, 0.15) is 10.4 Å². The van der Waals surface area contributed by atoms with Crippen LogP contribution in [0.3, 0.4) is 0 Å². The fourth-order valence-electron chi connectivity index (χ4n) is 4.81. The molecule has 254 valence electrons. The number of hydrogen-bond donors (Lipinski definition) is 6. The molecule has 6 N–H and O–H groups in total. The first kappa shape index (κ1) is 33.8. The Kier molecular flexibility index (Phi) is 9.18. The molecular formula is C35H24N6O9S. The van der Waals surface area contributed by atoms with Gasteiger partial charge in [0.1, 0.15) is 39.1 Å². The van der Waals surface area contributed by atoms with E-state index in [1.165, 1.54) is 48.5 Å². The molecule has 0 aliphatic heterocycles. The van der Waals surface area contributed by atoms with Gasteiger partial charge in [0.2, 0.25) is 0 Å². The van der Waals surface area contributed by atoms with Crippen molar-refractivity contribution in [2.24, 2.45) is 30.7 Å². The highest BCUT2D eigenvalue weighted by Crippen LogP contribution is 2.43. The predicted molar refractivity (Wildman–Crippen MR) is 185 cm³/mol. The lowest BCUT2D eigenvalue weighted by Gasteiger charge is -2.09. The van der Waals surface area contributed by atoms with Crippen molar-refractivity contribution in [2.75, 3.05) is 0 Å². The summed E-state index contributed by atoms with van der Waals surface area (Å²) in [4.78, 5) is 10.6. The van der Waals surface area contributed by atoms with Gasteiger partial charge in [-0.1, -0.05) is 30.3 Å². The van der Waals surface area contributed by atoms with Crippen LogP contribution in [0, 0.1) is 0 Å². The minimum Gasteiger partial charge on any atom is -0.508 e. The van der Waals surface area contributed by atoms with Gasteiger partial charge in [0, 0.05) is 11.5 Å². The molecule has 0 unspecified atom stereocenters. The van der Waals surface area contributed by atoms with Crippen molar-refractivity contribution >= 4 is 61.0 Å². The zero-order valence-electron chi connectivity index (χ0n) is 25.9. The van der Waals surface area contributed by atoms with Crippen molar-refractivity contribution in [1.29, 1.82) is 0 Å². The molecule has 0 amide bonds. The molecule has 16 heteroatoms. The van der Waals surface area contributed by atoms with Crippen LogP contribution < -0.4 is 0 Å². The summed E-state index contributed by atoms with van der Waals surface area (Å²) in [7, 11) is -4.84. The smallest absolute Gasteiger partial charge is 0.339 e. The summed E-state index contributed by atoms with van der Waals surface area (Å²) in [6, 6.07) is 26.8. The van der Waals surface area contributed by atoms with Crippen LogP contribution in [0.15, 0.2) is 145 Å². The van der Waals surface area contributed by atoms with Gasteiger partial charge < -0.3 is 25.5 Å². The molecule has 6 aromatic carbocycles. The minimum atomic E-state index is -4.84. The molecule has 0 aliphatic carbocycles. The Morgan fingerprint density at radius 3 is 1.71 bits per heavy atom. The summed E-state index contributed by atoms with van der Waals surface area (Å²) in [5.41, 5.74) is 2.15. The molecule has 6 rings (SSSR count). The van der Waals surface area contributed by atoms with Gasteiger partial charge in [0.15, 0.2) is 5.75 Å². The highest BCUT2D eigenvalue weighted by atomic mass is 32.2. The van der Waals surface area contributed by atoms with Crippen molar-refractivity contribution in [3.8, 4) is 34.1 Å². The zero-order valence-corrected chi connectivity index (χ0v) is 26.7. The first-order valence-corrected chi connectivity index (χ1v) is 16.1. The number of phenols is 4. The fraction of sp³-hybridized carbons (Fsp3) is 0. The number of aromatic hydroxyl groups is 4. The van der Waals surface area contributed by atoms with Crippen LogP contribution in [0.5, 0.6) is 23.0 Å². The van der Waals surface area contributed by atoms with Gasteiger partial charge in [-0.15, -0.1) is 10.2 Å². The van der Waals surface area contributed by atoms with Crippen molar-refractivity contribution in [3.05, 3.63) is 115 Å². The number of carboxylic acids is 1. The first-order valence-electron chi connectivity index (χ1n) is 14.7. The highest BCUT2D eigenvalue weighted by molar-refractivity contribution is 7.86. The van der Waals surface area contributed by atoms with Crippen molar-refractivity contribution in [1.82, 2.24) is 0 Å². The van der Waals surface area contributed by atoms with E-state index in [1.807, 2.05) is 0 Å². The van der Waals surface area contributed by atoms with Gasteiger partial charge >= 0.3 is 5.97 Å². The molecule has 0 saturated heterocycles. The molecule has 0 fully saturated rings. The Balaban J connectivity index is 1.23. The molecule has 51 heavy (non-hydrogen) atoms. The van der Waals surface area contributed by atoms with Gasteiger partial charge in [0.05, 0.1) is 22.7 Å². The maximum atomic E-state index is 12.3. The number of nitrogens with zero attached hydrogens (tertiary/aromatic N) is 6. The van der Waals surface area contributed by atoms with Crippen molar-refractivity contribution in [2.45, 2.75) is 4.90 Å². The lowest BCUT2D eigenvalue weighted by Crippen LogP contribution is -1.99. The van der Waals surface area contributed by atoms with E-state index in [0.29, 0.717) is 11.4 Å². The normalized spacial score (nSPS) is 12.0. The standard InChI is InChI=1S/C35H24N6O9S/c42-26-12-13-29(31(44)18-26)40-39-24-10-5-21-15-32(51(48,49)50)33(34(45)27(21)16-24)41-37-23-8-3-20(4-9-23)19-1-6-22(7-2-19)36-38-25-11-14-30(43)28(17-25)35(46)47/h1-18,42-45H,(H,46,47)(H,48,49,50). The Hall–Kier alpha value is -7.04. The number of phenolic OH excluding ortho intramolecular Hbond substituents is 3. The molecule has 0 atom stereocenters. The van der Waals surface area contributed by atoms with Crippen LogP contribution in [0.4, 0.5) is 34.1 Å². The van der Waals surface area contributed by atoms with E-state index < -0.39 is 32.4 Å². The Bertz CT molecular complexity index is 2520. The van der Waals surface area contributed by atoms with E-state index in [1.54, 1.807) is 48.5 Å². The number of hydrogen-bond acceptors (Lipinski definition) is 13. The third kappa shape index (κ3) is 7.67. The molecule has 0 bridgehead atoms. The maximum absolute atomic E-state index is 12.3. The van der Waals surface area contributed by atoms with E-state index in [-0.39, 0.29) is 50.6 Å². The van der Waals surface area contributed by atoms with Gasteiger partial charge in [0.25, 0.3) is 10.1 Å². The molecule has 6 aromatic rings. The largest absolute Gasteiger partial charge is 0.508 e. The summed E-state index contributed by atoms with van der Waals surface area (Å²) in [6.07, 6.45) is 0. The van der Waals surface area contributed by atoms with E-state index in [4.69, 9.17) is 5.11 Å². The van der Waals surface area contributed by atoms with Crippen LogP contribution in [-0.4, -0.2) is 44.5 Å². The number of aromatic carboxylic acids is 1. The average molecular weight is 705 g/mol. The number of rotatable bonds is 9. The molecule has 0 radical (unpaired) electrons. The van der Waals surface area contributed by atoms with Crippen LogP contribution in [-0.2, 0) is 10.1 Å². The Labute approximate surface area is 288 Å². The van der Waals surface area contributed by atoms with E-state index in [9.17, 15) is 38.2 Å². The average Bonchev–Trinajstić information content (AvgIpc) is 3.10. The summed E-state index contributed by atoms with van der Waals surface area (Å²) in [5.74, 6) is -2.72. The van der Waals surface area contributed by atoms with E-state index >= 15 is 0 Å². The second-order valence-corrected chi connectivity index (χ2v) is 12.2. The SMILES string of the molecule is O=C(O)c1cc(N=Nc2ccc(-c3ccc(N=Nc4c(S(=O)(=O)O)cc5ccc(N=Nc6ccc(O)cc6O)cc5c4O)cc3)cc2)ccc1O. The molecule has 0 aliphatic rings. The van der Waals surface area contributed by atoms with Gasteiger partial charge in [-0.05, 0) is 89.3 Å². The number of benzene rings is 6. The second kappa shape index (κ2) is 13.8. The Morgan fingerprint density at radius 1 is 0.549 bits per heavy atom. The summed E-state index contributed by atoms with van der Waals surface area (Å²) in [6.45, 7) is 0. The molecule has 0 heterocycles. The first-order chi connectivity index (χ1) is 24.4. The van der Waals surface area contributed by atoms with Crippen molar-refractivity contribution in [3.63, 3.8) is 0 Å². The second-order valence-electron chi connectivity index (χ2n) is 10.8. The van der Waals surface area contributed by atoms with Gasteiger partial charge in [-0.25, -0.2) is 4.79 Å². The lowest BCUT2D eigenvalue weighted by molar-refractivity contribution is 0.0693. The molecular weight excluding hydrogens is 680 g/mol. The quantitative estimate of drug-likeness (QED) is 0.0618. The minimum absolute atomic E-state index is 0.0729. The Morgan fingerprint density at radius 2 is 1.10 bits per heavy atom. The van der Waals surface area contributed by atoms with E-state index in [0.717, 1.165) is 23.3 Å². The van der Waals surface area contributed by atoms with Crippen LogP contribution >= 0.6 is 0 Å². The van der Waals surface area contributed by atoms with Gasteiger partial charge in [-0.2, -0.15) is 28.9 Å². The number of carboxylic acid groups (broad SMARTS) is 1. The van der Waals surface area contributed by atoms with Crippen LogP contribution in [0.25, 0.3) is 21.9 Å². The molecule has 0 aromatic heterocycles. The zero-order chi connectivity index (χ0) is 36.3. The van der Waals surface area contributed by atoms with Crippen LogP contribution in [0.2, 0.25) is 0 Å². The highest BCUT2D eigenvalue weighted by Gasteiger charge is 2.22. The number of carbonyl (C=O) groups is 1. The molecule has 0 saturated carbocycles. The maximum Gasteiger partial charge on any atom is 0.339 e. The summed E-state index contributed by atoms with van der Waals surface area (Å²) < 4.78 is 34.4. The monoisotopic (exact) mass is 704 g/mol. The molecule has 0 spiro atoms. The third-order valence-corrected chi connectivity index (χ3v) is 8.24. The summed E-state index contributed by atoms with van der Waals surface area (Å²) >= 11 is 0. The third-order valence-electron chi connectivity index (χ3n) is 7.37. The fourth-order valence-corrected chi connectivity index (χ4v) is 5.47. The van der Waals surface area contributed by atoms with Gasteiger partial charge in [-0.3, -0.25) is 4.55 Å². The number of fused-ring (bicyclic) bond motifs is 1. The van der Waals surface area contributed by atoms with E-state index in [2.05, 4.69) is 30.7 Å². The van der Waals surface area contributed by atoms with Crippen molar-refractivity contribution < 1.29 is 43.3 Å². The summed E-state index contributed by atoms with van der Waals surface area (Å²) in [5, 5.41) is 73.9. The predicted octanol–water partition coefficient (Wildman–Crippen LogP) is 9.52. The topological polar surface area (TPSA) is 247 Å². The molecule has 15 nitrogen and oxygen atoms in total.